The molecule has 0 aliphatic carbocycles. The lowest BCUT2D eigenvalue weighted by atomic mass is 9.83. The van der Waals surface area contributed by atoms with Gasteiger partial charge >= 0.3 is 6.18 Å². The quantitative estimate of drug-likeness (QED) is 0.401. The van der Waals surface area contributed by atoms with Crippen molar-refractivity contribution in [3.8, 4) is 0 Å². The van der Waals surface area contributed by atoms with Crippen molar-refractivity contribution in [3.63, 3.8) is 0 Å². The molecule has 0 bridgehead atoms. The van der Waals surface area contributed by atoms with Gasteiger partial charge in [-0.1, -0.05) is 54.6 Å². The first-order valence-electron chi connectivity index (χ1n) is 10.7. The largest absolute Gasteiger partial charge is 0.416 e. The Bertz CT molecular complexity index is 993. The third kappa shape index (κ3) is 5.37. The molecule has 2 nitrogen and oxygen atoms in total. The highest BCUT2D eigenvalue weighted by molar-refractivity contribution is 5.27. The van der Waals surface area contributed by atoms with Crippen molar-refractivity contribution in [1.29, 1.82) is 0 Å². The maximum atomic E-state index is 13.5. The monoisotopic (exact) mass is 443 g/mol. The van der Waals surface area contributed by atoms with Gasteiger partial charge in [0.2, 0.25) is 0 Å². The minimum Gasteiger partial charge on any atom is -0.366 e. The molecule has 1 heterocycles. The molecular weight excluding hydrogens is 418 g/mol. The molecule has 1 aliphatic heterocycles. The Labute approximate surface area is 185 Å². The number of rotatable bonds is 6. The lowest BCUT2D eigenvalue weighted by molar-refractivity contribution is -0.137. The zero-order chi connectivity index (χ0) is 22.6. The van der Waals surface area contributed by atoms with Gasteiger partial charge in [-0.05, 0) is 53.8 Å². The first-order valence-corrected chi connectivity index (χ1v) is 10.7. The van der Waals surface area contributed by atoms with E-state index in [2.05, 4.69) is 17.0 Å². The predicted octanol–water partition coefficient (Wildman–Crippen LogP) is 6.55. The topological polar surface area (TPSA) is 12.5 Å². The van der Waals surface area contributed by atoms with Crippen LogP contribution in [0, 0.1) is 5.82 Å². The lowest BCUT2D eigenvalue weighted by Crippen LogP contribution is -2.43. The summed E-state index contributed by atoms with van der Waals surface area (Å²) in [6, 6.07) is 21.6. The maximum absolute atomic E-state index is 13.5. The van der Waals surface area contributed by atoms with Crippen molar-refractivity contribution in [2.24, 2.45) is 0 Å². The van der Waals surface area contributed by atoms with Gasteiger partial charge in [-0.15, -0.1) is 0 Å². The van der Waals surface area contributed by atoms with Crippen molar-refractivity contribution in [1.82, 2.24) is 4.90 Å². The molecule has 0 atom stereocenters. The zero-order valence-electron chi connectivity index (χ0n) is 17.6. The molecule has 0 N–H and O–H groups in total. The average Bonchev–Trinajstić information content (AvgIpc) is 2.80. The van der Waals surface area contributed by atoms with Gasteiger partial charge < -0.3 is 4.74 Å². The number of hydrogen-bond acceptors (Lipinski definition) is 2. The van der Waals surface area contributed by atoms with Crippen molar-refractivity contribution in [2.45, 2.75) is 37.8 Å². The van der Waals surface area contributed by atoms with Gasteiger partial charge in [-0.2, -0.15) is 13.2 Å². The minimum atomic E-state index is -4.36. The predicted molar refractivity (Wildman–Crippen MR) is 115 cm³/mol. The van der Waals surface area contributed by atoms with Gasteiger partial charge in [0.15, 0.2) is 0 Å². The second-order valence-electron chi connectivity index (χ2n) is 8.25. The highest BCUT2D eigenvalue weighted by Crippen LogP contribution is 2.38. The van der Waals surface area contributed by atoms with Crippen LogP contribution in [0.25, 0.3) is 0 Å². The van der Waals surface area contributed by atoms with Gasteiger partial charge in [-0.25, -0.2) is 4.39 Å². The highest BCUT2D eigenvalue weighted by Gasteiger charge is 2.37. The number of piperidine rings is 1. The van der Waals surface area contributed by atoms with Gasteiger partial charge in [0.1, 0.15) is 5.82 Å². The zero-order valence-corrected chi connectivity index (χ0v) is 17.6. The summed E-state index contributed by atoms with van der Waals surface area (Å²) >= 11 is 0. The summed E-state index contributed by atoms with van der Waals surface area (Å²) in [5, 5.41) is 0. The van der Waals surface area contributed by atoms with Crippen LogP contribution in [0.2, 0.25) is 0 Å². The molecule has 168 valence electrons. The van der Waals surface area contributed by atoms with Crippen LogP contribution in [0.3, 0.4) is 0 Å². The van der Waals surface area contributed by atoms with Crippen molar-refractivity contribution >= 4 is 0 Å². The Morgan fingerprint density at radius 2 is 1.41 bits per heavy atom. The summed E-state index contributed by atoms with van der Waals surface area (Å²) in [6.45, 7) is 2.64. The smallest absolute Gasteiger partial charge is 0.366 e. The minimum absolute atomic E-state index is 0.189. The number of halogens is 4. The van der Waals surface area contributed by atoms with E-state index < -0.39 is 17.3 Å². The molecule has 0 radical (unpaired) electrons. The number of benzene rings is 3. The van der Waals surface area contributed by atoms with E-state index in [0.717, 1.165) is 37.3 Å². The van der Waals surface area contributed by atoms with E-state index in [0.29, 0.717) is 18.4 Å². The third-order valence-electron chi connectivity index (χ3n) is 6.08. The second kappa shape index (κ2) is 9.43. The lowest BCUT2D eigenvalue weighted by Gasteiger charge is -2.42. The fourth-order valence-electron chi connectivity index (χ4n) is 4.20. The van der Waals surface area contributed by atoms with Crippen LogP contribution >= 0.6 is 0 Å². The van der Waals surface area contributed by atoms with Gasteiger partial charge in [0, 0.05) is 19.6 Å². The molecule has 6 heteroatoms. The molecule has 1 aliphatic rings. The first-order chi connectivity index (χ1) is 15.3. The van der Waals surface area contributed by atoms with E-state index in [1.807, 2.05) is 18.2 Å². The standard InChI is InChI=1S/C26H25F4NO/c27-24-12-10-22(11-13-24)25(32-19-21-6-8-23(9-7-21)26(28,29)30)14-16-31(17-15-25)18-20-4-2-1-3-5-20/h1-13H,14-19H2. The average molecular weight is 443 g/mol. The van der Waals surface area contributed by atoms with E-state index in [1.54, 1.807) is 12.1 Å². The first kappa shape index (κ1) is 22.5. The summed E-state index contributed by atoms with van der Waals surface area (Å²) in [7, 11) is 0. The molecule has 0 saturated carbocycles. The molecule has 3 aromatic rings. The van der Waals surface area contributed by atoms with Crippen LogP contribution in [0.1, 0.15) is 35.1 Å². The Kier molecular flexibility index (Phi) is 6.63. The van der Waals surface area contributed by atoms with E-state index in [9.17, 15) is 17.6 Å². The summed E-state index contributed by atoms with van der Waals surface area (Å²) in [6.07, 6.45) is -2.93. The van der Waals surface area contributed by atoms with Gasteiger partial charge in [-0.3, -0.25) is 4.90 Å². The third-order valence-corrected chi connectivity index (χ3v) is 6.08. The molecule has 4 rings (SSSR count). The highest BCUT2D eigenvalue weighted by atomic mass is 19.4. The second-order valence-corrected chi connectivity index (χ2v) is 8.25. The Morgan fingerprint density at radius 3 is 2.00 bits per heavy atom. The fraction of sp³-hybridized carbons (Fsp3) is 0.308. The van der Waals surface area contributed by atoms with Crippen LogP contribution in [0.5, 0.6) is 0 Å². The number of alkyl halides is 3. The molecule has 32 heavy (non-hydrogen) atoms. The molecule has 0 amide bonds. The summed E-state index contributed by atoms with van der Waals surface area (Å²) in [5.74, 6) is -0.312. The van der Waals surface area contributed by atoms with Crippen LogP contribution in [-0.4, -0.2) is 18.0 Å². The maximum Gasteiger partial charge on any atom is 0.416 e. The van der Waals surface area contributed by atoms with Crippen LogP contribution in [0.4, 0.5) is 17.6 Å². The van der Waals surface area contributed by atoms with Gasteiger partial charge in [0.05, 0.1) is 17.8 Å². The van der Waals surface area contributed by atoms with Crippen molar-refractivity contribution in [3.05, 3.63) is 107 Å². The van der Waals surface area contributed by atoms with E-state index >= 15 is 0 Å². The molecule has 0 spiro atoms. The molecule has 0 unspecified atom stereocenters. The molecule has 1 saturated heterocycles. The summed E-state index contributed by atoms with van der Waals surface area (Å²) in [5.41, 5.74) is 1.52. The normalized spacial score (nSPS) is 16.8. The van der Waals surface area contributed by atoms with E-state index in [1.165, 1.54) is 29.8 Å². The molecular formula is C26H25F4NO. The Hall–Kier alpha value is -2.70. The SMILES string of the molecule is Fc1ccc(C2(OCc3ccc(C(F)(F)F)cc3)CCN(Cc3ccccc3)CC2)cc1. The number of hydrogen-bond donors (Lipinski definition) is 0. The van der Waals surface area contributed by atoms with Crippen molar-refractivity contribution in [2.75, 3.05) is 13.1 Å². The molecule has 3 aromatic carbocycles. The Morgan fingerprint density at radius 1 is 0.781 bits per heavy atom. The van der Waals surface area contributed by atoms with E-state index in [-0.39, 0.29) is 12.4 Å². The van der Waals surface area contributed by atoms with Crippen LogP contribution in [-0.2, 0) is 29.7 Å². The molecule has 0 aromatic heterocycles. The fourth-order valence-corrected chi connectivity index (χ4v) is 4.20. The Balaban J connectivity index is 1.48. The number of likely N-dealkylation sites (tertiary alicyclic amines) is 1. The van der Waals surface area contributed by atoms with Crippen molar-refractivity contribution < 1.29 is 22.3 Å². The van der Waals surface area contributed by atoms with Gasteiger partial charge in [0.25, 0.3) is 0 Å². The number of ether oxygens (including phenoxy) is 1. The number of nitrogens with zero attached hydrogens (tertiary/aromatic N) is 1. The van der Waals surface area contributed by atoms with E-state index in [4.69, 9.17) is 4.74 Å². The van der Waals surface area contributed by atoms with Crippen LogP contribution < -0.4 is 0 Å². The summed E-state index contributed by atoms with van der Waals surface area (Å²) < 4.78 is 58.4. The molecule has 1 fully saturated rings. The summed E-state index contributed by atoms with van der Waals surface area (Å²) in [4.78, 5) is 2.36. The van der Waals surface area contributed by atoms with Crippen LogP contribution in [0.15, 0.2) is 78.9 Å².